The van der Waals surface area contributed by atoms with E-state index in [1.165, 1.54) is 6.07 Å². The number of rotatable bonds is 5. The molecule has 2 aromatic heterocycles. The van der Waals surface area contributed by atoms with Crippen LogP contribution in [-0.4, -0.2) is 88.1 Å². The number of hydrogen-bond acceptors (Lipinski definition) is 9. The SMILES string of the molecule is C#Cc1cccc2cc(O)cc(-c3ncc4c(N5CC6CCC(C5)N6)nc(OCC56CCCN5C5COCC5C6)nc4c3F)c12. The van der Waals surface area contributed by atoms with Crippen molar-refractivity contribution in [3.63, 3.8) is 0 Å². The monoisotopic (exact) mass is 606 g/mol. The molecule has 0 saturated carbocycles. The Morgan fingerprint density at radius 2 is 2.04 bits per heavy atom. The molecule has 5 saturated heterocycles. The first-order chi connectivity index (χ1) is 22.0. The van der Waals surface area contributed by atoms with Gasteiger partial charge in [-0.15, -0.1) is 6.42 Å². The molecule has 45 heavy (non-hydrogen) atoms. The maximum absolute atomic E-state index is 16.9. The summed E-state index contributed by atoms with van der Waals surface area (Å²) in [4.78, 5) is 19.1. The van der Waals surface area contributed by atoms with Crippen LogP contribution in [0.5, 0.6) is 11.8 Å². The van der Waals surface area contributed by atoms with Gasteiger partial charge in [0.1, 0.15) is 29.4 Å². The molecule has 2 aromatic carbocycles. The van der Waals surface area contributed by atoms with Crippen molar-refractivity contribution < 1.29 is 19.0 Å². The van der Waals surface area contributed by atoms with Crippen molar-refractivity contribution in [1.29, 1.82) is 0 Å². The fourth-order valence-electron chi connectivity index (χ4n) is 8.93. The second-order valence-electron chi connectivity index (χ2n) is 13.5. The predicted molar refractivity (Wildman–Crippen MR) is 169 cm³/mol. The van der Waals surface area contributed by atoms with E-state index in [1.54, 1.807) is 12.3 Å². The average Bonchev–Trinajstić information content (AvgIpc) is 3.81. The van der Waals surface area contributed by atoms with Gasteiger partial charge in [0.05, 0.1) is 24.1 Å². The van der Waals surface area contributed by atoms with Crippen molar-refractivity contribution in [2.75, 3.05) is 44.4 Å². The Hall–Kier alpha value is -4.04. The first-order valence-corrected chi connectivity index (χ1v) is 16.1. The quantitative estimate of drug-likeness (QED) is 0.324. The second-order valence-corrected chi connectivity index (χ2v) is 13.5. The van der Waals surface area contributed by atoms with Crippen LogP contribution in [0.3, 0.4) is 0 Å². The minimum Gasteiger partial charge on any atom is -0.508 e. The minimum absolute atomic E-state index is 0.00348. The molecule has 0 aliphatic carbocycles. The van der Waals surface area contributed by atoms with E-state index in [2.05, 4.69) is 26.0 Å². The number of fused-ring (bicyclic) bond motifs is 7. The first-order valence-electron chi connectivity index (χ1n) is 16.1. The van der Waals surface area contributed by atoms with Gasteiger partial charge in [0.15, 0.2) is 5.82 Å². The maximum Gasteiger partial charge on any atom is 0.319 e. The molecule has 4 aromatic rings. The van der Waals surface area contributed by atoms with Crippen molar-refractivity contribution in [1.82, 2.24) is 25.2 Å². The molecule has 0 spiro atoms. The van der Waals surface area contributed by atoms with Crippen LogP contribution in [0.4, 0.5) is 10.2 Å². The fourth-order valence-corrected chi connectivity index (χ4v) is 8.93. The van der Waals surface area contributed by atoms with E-state index >= 15 is 4.39 Å². The minimum atomic E-state index is -0.592. The van der Waals surface area contributed by atoms with E-state index in [0.717, 1.165) is 65.0 Å². The number of phenols is 1. The Morgan fingerprint density at radius 3 is 2.89 bits per heavy atom. The molecule has 9 rings (SSSR count). The summed E-state index contributed by atoms with van der Waals surface area (Å²) in [5.74, 6) is 3.29. The van der Waals surface area contributed by atoms with Gasteiger partial charge in [-0.2, -0.15) is 9.97 Å². The van der Waals surface area contributed by atoms with Gasteiger partial charge in [-0.25, -0.2) is 4.39 Å². The topological polar surface area (TPSA) is 95.9 Å². The van der Waals surface area contributed by atoms with E-state index < -0.39 is 5.82 Å². The van der Waals surface area contributed by atoms with Gasteiger partial charge in [-0.3, -0.25) is 9.88 Å². The molecule has 2 N–H and O–H groups in total. The molecule has 0 amide bonds. The highest BCUT2D eigenvalue weighted by atomic mass is 19.1. The molecule has 5 aliphatic heterocycles. The van der Waals surface area contributed by atoms with Crippen LogP contribution >= 0.6 is 0 Å². The molecule has 10 heteroatoms. The zero-order valence-corrected chi connectivity index (χ0v) is 25.0. The van der Waals surface area contributed by atoms with Crippen LogP contribution in [0.15, 0.2) is 36.5 Å². The Morgan fingerprint density at radius 1 is 1.18 bits per heavy atom. The lowest BCUT2D eigenvalue weighted by atomic mass is 9.90. The van der Waals surface area contributed by atoms with Gasteiger partial charge in [-0.05, 0) is 62.2 Å². The third kappa shape index (κ3) is 4.28. The molecule has 2 bridgehead atoms. The summed E-state index contributed by atoms with van der Waals surface area (Å²) < 4.78 is 29.2. The van der Waals surface area contributed by atoms with Gasteiger partial charge in [0, 0.05) is 59.8 Å². The van der Waals surface area contributed by atoms with Crippen LogP contribution in [0, 0.1) is 24.1 Å². The number of benzene rings is 2. The number of terminal acetylenes is 1. The highest BCUT2D eigenvalue weighted by molar-refractivity contribution is 6.02. The number of piperazine rings is 1. The van der Waals surface area contributed by atoms with E-state index in [0.29, 0.717) is 63.8 Å². The number of aromatic hydroxyl groups is 1. The fraction of sp³-hybridized carbons (Fsp3) is 0.457. The summed E-state index contributed by atoms with van der Waals surface area (Å²) in [7, 11) is 0. The summed E-state index contributed by atoms with van der Waals surface area (Å²) >= 11 is 0. The smallest absolute Gasteiger partial charge is 0.319 e. The van der Waals surface area contributed by atoms with E-state index in [9.17, 15) is 5.11 Å². The van der Waals surface area contributed by atoms with Crippen molar-refractivity contribution in [3.05, 3.63) is 47.9 Å². The normalized spacial score (nSPS) is 28.9. The maximum atomic E-state index is 16.9. The molecular formula is C35H35FN6O3. The lowest BCUT2D eigenvalue weighted by Crippen LogP contribution is -2.51. The summed E-state index contributed by atoms with van der Waals surface area (Å²) in [5, 5.41) is 16.2. The van der Waals surface area contributed by atoms with Crippen LogP contribution in [0.2, 0.25) is 0 Å². The number of phenolic OH excluding ortho intramolecular Hbond substituents is 1. The van der Waals surface area contributed by atoms with E-state index in [-0.39, 0.29) is 28.5 Å². The van der Waals surface area contributed by atoms with Gasteiger partial charge in [0.2, 0.25) is 0 Å². The average molecular weight is 607 g/mol. The molecular weight excluding hydrogens is 571 g/mol. The molecule has 5 aliphatic rings. The number of nitrogens with zero attached hydrogens (tertiary/aromatic N) is 5. The third-order valence-electron chi connectivity index (χ3n) is 10.9. The van der Waals surface area contributed by atoms with Gasteiger partial charge in [0.25, 0.3) is 0 Å². The van der Waals surface area contributed by atoms with Gasteiger partial charge >= 0.3 is 6.01 Å². The summed E-state index contributed by atoms with van der Waals surface area (Å²) in [5.41, 5.74) is 1.17. The number of pyridine rings is 1. The Kier molecular flexibility index (Phi) is 6.21. The molecule has 5 atom stereocenters. The number of nitrogens with one attached hydrogen (secondary N) is 1. The standard InChI is InChI=1S/C35H35FN6O3/c1-2-20-5-3-6-21-11-25(43)12-26(29(20)21)31-30(36)32-27(14-37-31)33(41-15-23-7-8-24(16-41)38-23)40-34(39-32)45-19-35-9-4-10-42(35)28-18-44-17-22(28)13-35/h1,3,5-6,11-12,14,22-24,28,38,43H,4,7-10,13,15-19H2. The number of ether oxygens (including phenoxy) is 2. The Labute approximate surface area is 260 Å². The van der Waals surface area contributed by atoms with Crippen LogP contribution in [-0.2, 0) is 4.74 Å². The third-order valence-corrected chi connectivity index (χ3v) is 10.9. The lowest BCUT2D eigenvalue weighted by molar-refractivity contribution is 0.0582. The molecule has 0 radical (unpaired) electrons. The zero-order chi connectivity index (χ0) is 30.3. The lowest BCUT2D eigenvalue weighted by Gasteiger charge is -2.35. The van der Waals surface area contributed by atoms with Crippen molar-refractivity contribution in [3.8, 4) is 35.4 Å². The zero-order valence-electron chi connectivity index (χ0n) is 25.0. The first kappa shape index (κ1) is 27.3. The van der Waals surface area contributed by atoms with Crippen LogP contribution in [0.25, 0.3) is 32.9 Å². The van der Waals surface area contributed by atoms with Crippen LogP contribution < -0.4 is 15.0 Å². The number of aromatic nitrogens is 3. The van der Waals surface area contributed by atoms with E-state index in [1.807, 2.05) is 18.2 Å². The molecule has 230 valence electrons. The molecule has 5 fully saturated rings. The predicted octanol–water partition coefficient (Wildman–Crippen LogP) is 4.24. The van der Waals surface area contributed by atoms with Crippen molar-refractivity contribution in [2.24, 2.45) is 5.92 Å². The summed E-state index contributed by atoms with van der Waals surface area (Å²) in [6.07, 6.45) is 12.9. The summed E-state index contributed by atoms with van der Waals surface area (Å²) in [6, 6.07) is 9.96. The highest BCUT2D eigenvalue weighted by Crippen LogP contribution is 2.48. The highest BCUT2D eigenvalue weighted by Gasteiger charge is 2.56. The molecule has 7 heterocycles. The van der Waals surface area contributed by atoms with E-state index in [4.69, 9.17) is 25.9 Å². The van der Waals surface area contributed by atoms with Crippen molar-refractivity contribution >= 4 is 27.5 Å². The number of halogens is 1. The molecule has 5 unspecified atom stereocenters. The second kappa shape index (κ2) is 10.2. The van der Waals surface area contributed by atoms with Gasteiger partial charge < -0.3 is 24.8 Å². The Bertz CT molecular complexity index is 1880. The van der Waals surface area contributed by atoms with Crippen LogP contribution in [0.1, 0.15) is 37.7 Å². The van der Waals surface area contributed by atoms with Gasteiger partial charge in [-0.1, -0.05) is 18.1 Å². The Balaban J connectivity index is 1.16. The number of anilines is 1. The van der Waals surface area contributed by atoms with Crippen molar-refractivity contribution in [2.45, 2.75) is 55.8 Å². The molecule has 9 nitrogen and oxygen atoms in total. The largest absolute Gasteiger partial charge is 0.508 e. The summed E-state index contributed by atoms with van der Waals surface area (Å²) in [6.45, 7) is 4.63. The number of hydrogen-bond donors (Lipinski definition) is 2.